The molecule has 0 saturated carbocycles. The molecule has 0 amide bonds. The first kappa shape index (κ1) is 9.56. The van der Waals surface area contributed by atoms with Crippen LogP contribution in [0.3, 0.4) is 0 Å². The molecule has 0 fully saturated rings. The molecule has 0 aliphatic carbocycles. The van der Waals surface area contributed by atoms with Crippen molar-refractivity contribution in [1.82, 2.24) is 0 Å². The third-order valence-electron chi connectivity index (χ3n) is 1.79. The molecule has 0 aliphatic rings. The Labute approximate surface area is 78.5 Å². The highest BCUT2D eigenvalue weighted by Crippen LogP contribution is 2.22. The van der Waals surface area contributed by atoms with Crippen molar-refractivity contribution in [2.75, 3.05) is 0 Å². The van der Waals surface area contributed by atoms with Crippen LogP contribution in [-0.4, -0.2) is 0 Å². The second-order valence-corrected chi connectivity index (χ2v) is 4.18. The quantitative estimate of drug-likeness (QED) is 0.712. The Bertz CT molecular complexity index is 266. The molecular formula is C10H14ClN. The summed E-state index contributed by atoms with van der Waals surface area (Å²) in [6.07, 6.45) is 0. The molecule has 0 atom stereocenters. The van der Waals surface area contributed by atoms with E-state index in [2.05, 4.69) is 6.07 Å². The van der Waals surface area contributed by atoms with E-state index in [0.717, 1.165) is 16.1 Å². The van der Waals surface area contributed by atoms with Crippen LogP contribution in [0.5, 0.6) is 0 Å². The van der Waals surface area contributed by atoms with Crippen molar-refractivity contribution in [1.29, 1.82) is 0 Å². The highest BCUT2D eigenvalue weighted by Gasteiger charge is 2.14. The predicted molar refractivity (Wildman–Crippen MR) is 53.4 cm³/mol. The van der Waals surface area contributed by atoms with Gasteiger partial charge in [0.05, 0.1) is 0 Å². The van der Waals surface area contributed by atoms with E-state index in [9.17, 15) is 0 Å². The third-order valence-corrected chi connectivity index (χ3v) is 2.00. The van der Waals surface area contributed by atoms with E-state index < -0.39 is 0 Å². The van der Waals surface area contributed by atoms with E-state index in [0.29, 0.717) is 0 Å². The molecule has 0 saturated heterocycles. The second-order valence-electron chi connectivity index (χ2n) is 3.74. The van der Waals surface area contributed by atoms with Crippen molar-refractivity contribution in [2.45, 2.75) is 26.3 Å². The lowest BCUT2D eigenvalue weighted by molar-refractivity contribution is 0.554. The molecule has 0 heterocycles. The monoisotopic (exact) mass is 183 g/mol. The van der Waals surface area contributed by atoms with Gasteiger partial charge in [-0.15, -0.1) is 0 Å². The minimum atomic E-state index is -0.310. The topological polar surface area (TPSA) is 26.0 Å². The van der Waals surface area contributed by atoms with Crippen molar-refractivity contribution in [3.05, 3.63) is 34.3 Å². The van der Waals surface area contributed by atoms with Crippen LogP contribution in [0.1, 0.15) is 25.0 Å². The van der Waals surface area contributed by atoms with E-state index in [1.165, 1.54) is 0 Å². The summed E-state index contributed by atoms with van der Waals surface area (Å²) in [5.41, 5.74) is 7.85. The van der Waals surface area contributed by atoms with Gasteiger partial charge >= 0.3 is 0 Å². The summed E-state index contributed by atoms with van der Waals surface area (Å²) < 4.78 is 0. The van der Waals surface area contributed by atoms with Gasteiger partial charge in [0.2, 0.25) is 0 Å². The highest BCUT2D eigenvalue weighted by molar-refractivity contribution is 6.30. The maximum atomic E-state index is 5.94. The Kier molecular flexibility index (Phi) is 2.45. The summed E-state index contributed by atoms with van der Waals surface area (Å²) in [6, 6.07) is 5.90. The Morgan fingerprint density at radius 2 is 1.83 bits per heavy atom. The number of rotatable bonds is 1. The SMILES string of the molecule is Cc1cc(Cl)cc(C(C)(C)N)c1. The van der Waals surface area contributed by atoms with E-state index in [1.807, 2.05) is 32.9 Å². The Morgan fingerprint density at radius 3 is 2.25 bits per heavy atom. The summed E-state index contributed by atoms with van der Waals surface area (Å²) in [7, 11) is 0. The van der Waals surface area contributed by atoms with E-state index in [4.69, 9.17) is 17.3 Å². The van der Waals surface area contributed by atoms with Crippen LogP contribution in [-0.2, 0) is 5.54 Å². The summed E-state index contributed by atoms with van der Waals surface area (Å²) in [5, 5.41) is 0.753. The van der Waals surface area contributed by atoms with Crippen molar-refractivity contribution in [3.8, 4) is 0 Å². The lowest BCUT2D eigenvalue weighted by Gasteiger charge is -2.19. The molecule has 2 heteroatoms. The third kappa shape index (κ3) is 2.23. The molecule has 1 rings (SSSR count). The first-order valence-electron chi connectivity index (χ1n) is 3.96. The normalized spacial score (nSPS) is 11.8. The van der Waals surface area contributed by atoms with E-state index in [-0.39, 0.29) is 5.54 Å². The molecule has 2 N–H and O–H groups in total. The van der Waals surface area contributed by atoms with Crippen LogP contribution < -0.4 is 5.73 Å². The summed E-state index contributed by atoms with van der Waals surface area (Å²) in [5.74, 6) is 0. The van der Waals surface area contributed by atoms with Gasteiger partial charge in [-0.25, -0.2) is 0 Å². The zero-order valence-corrected chi connectivity index (χ0v) is 8.44. The largest absolute Gasteiger partial charge is 0.322 e. The first-order chi connectivity index (χ1) is 5.39. The lowest BCUT2D eigenvalue weighted by Crippen LogP contribution is -2.28. The Hall–Kier alpha value is -0.530. The fourth-order valence-corrected chi connectivity index (χ4v) is 1.40. The Morgan fingerprint density at radius 1 is 1.25 bits per heavy atom. The predicted octanol–water partition coefficient (Wildman–Crippen LogP) is 2.84. The molecule has 0 spiro atoms. The molecular weight excluding hydrogens is 170 g/mol. The van der Waals surface area contributed by atoms with E-state index in [1.54, 1.807) is 0 Å². The molecule has 1 aromatic carbocycles. The van der Waals surface area contributed by atoms with Crippen molar-refractivity contribution in [2.24, 2.45) is 5.73 Å². The second kappa shape index (κ2) is 3.08. The average molecular weight is 184 g/mol. The van der Waals surface area contributed by atoms with Crippen LogP contribution in [0.25, 0.3) is 0 Å². The lowest BCUT2D eigenvalue weighted by atomic mass is 9.94. The highest BCUT2D eigenvalue weighted by atomic mass is 35.5. The molecule has 12 heavy (non-hydrogen) atoms. The number of benzene rings is 1. The van der Waals surface area contributed by atoms with Crippen LogP contribution in [0, 0.1) is 6.92 Å². The first-order valence-corrected chi connectivity index (χ1v) is 4.34. The fraction of sp³-hybridized carbons (Fsp3) is 0.400. The number of nitrogens with two attached hydrogens (primary N) is 1. The zero-order valence-electron chi connectivity index (χ0n) is 7.69. The number of halogens is 1. The zero-order chi connectivity index (χ0) is 9.35. The summed E-state index contributed by atoms with van der Waals surface area (Å²) >= 11 is 5.90. The minimum absolute atomic E-state index is 0.310. The standard InChI is InChI=1S/C10H14ClN/c1-7-4-8(10(2,3)12)6-9(11)5-7/h4-6H,12H2,1-3H3. The van der Waals surface area contributed by atoms with Gasteiger partial charge in [-0.2, -0.15) is 0 Å². The number of aryl methyl sites for hydroxylation is 1. The van der Waals surface area contributed by atoms with Gasteiger partial charge in [0.1, 0.15) is 0 Å². The van der Waals surface area contributed by atoms with Gasteiger partial charge in [-0.1, -0.05) is 17.7 Å². The molecule has 0 aromatic heterocycles. The van der Waals surface area contributed by atoms with Crippen molar-refractivity contribution >= 4 is 11.6 Å². The van der Waals surface area contributed by atoms with Crippen LogP contribution in [0.4, 0.5) is 0 Å². The number of hydrogen-bond donors (Lipinski definition) is 1. The summed E-state index contributed by atoms with van der Waals surface area (Å²) in [6.45, 7) is 5.96. The summed E-state index contributed by atoms with van der Waals surface area (Å²) in [4.78, 5) is 0. The van der Waals surface area contributed by atoms with Crippen molar-refractivity contribution < 1.29 is 0 Å². The molecule has 66 valence electrons. The average Bonchev–Trinajstić information content (AvgIpc) is 1.82. The van der Waals surface area contributed by atoms with Gasteiger partial charge in [0, 0.05) is 10.6 Å². The molecule has 1 aromatic rings. The smallest absolute Gasteiger partial charge is 0.0412 e. The van der Waals surface area contributed by atoms with Gasteiger partial charge in [0.25, 0.3) is 0 Å². The van der Waals surface area contributed by atoms with Gasteiger partial charge in [-0.05, 0) is 44.0 Å². The molecule has 0 unspecified atom stereocenters. The maximum absolute atomic E-state index is 5.94. The van der Waals surface area contributed by atoms with Gasteiger partial charge in [0.15, 0.2) is 0 Å². The molecule has 0 radical (unpaired) electrons. The van der Waals surface area contributed by atoms with Crippen LogP contribution >= 0.6 is 11.6 Å². The van der Waals surface area contributed by atoms with Gasteiger partial charge < -0.3 is 5.73 Å². The van der Waals surface area contributed by atoms with Crippen LogP contribution in [0.2, 0.25) is 5.02 Å². The minimum Gasteiger partial charge on any atom is -0.322 e. The number of hydrogen-bond acceptors (Lipinski definition) is 1. The van der Waals surface area contributed by atoms with E-state index >= 15 is 0 Å². The molecule has 0 aliphatic heterocycles. The van der Waals surface area contributed by atoms with Gasteiger partial charge in [-0.3, -0.25) is 0 Å². The maximum Gasteiger partial charge on any atom is 0.0412 e. The van der Waals surface area contributed by atoms with Crippen LogP contribution in [0.15, 0.2) is 18.2 Å². The molecule has 1 nitrogen and oxygen atoms in total. The van der Waals surface area contributed by atoms with Crippen molar-refractivity contribution in [3.63, 3.8) is 0 Å². The fourth-order valence-electron chi connectivity index (χ4n) is 1.11. The Balaban J connectivity index is 3.18. The molecule has 0 bridgehead atoms.